The molecule has 1 aliphatic carbocycles. The first-order valence-electron chi connectivity index (χ1n) is 6.90. The SMILES string of the molecule is COC1CCC(N(C)C(=O)c2cc(C)oc2C)CC1. The van der Waals surface area contributed by atoms with E-state index in [0.29, 0.717) is 23.5 Å². The van der Waals surface area contributed by atoms with Crippen LogP contribution in [0.4, 0.5) is 0 Å². The Labute approximate surface area is 114 Å². The Balaban J connectivity index is 2.02. The van der Waals surface area contributed by atoms with Crippen molar-refractivity contribution in [2.45, 2.75) is 51.7 Å². The minimum absolute atomic E-state index is 0.0650. The van der Waals surface area contributed by atoms with Crippen LogP contribution in [-0.2, 0) is 4.74 Å². The Hall–Kier alpha value is -1.29. The molecule has 0 atom stereocenters. The van der Waals surface area contributed by atoms with E-state index < -0.39 is 0 Å². The van der Waals surface area contributed by atoms with Gasteiger partial charge >= 0.3 is 0 Å². The first-order valence-corrected chi connectivity index (χ1v) is 6.90. The van der Waals surface area contributed by atoms with Crippen molar-refractivity contribution in [3.05, 3.63) is 23.2 Å². The molecule has 1 aromatic heterocycles. The number of carbonyl (C=O) groups excluding carboxylic acids is 1. The molecule has 0 saturated heterocycles. The summed E-state index contributed by atoms with van der Waals surface area (Å²) in [6.45, 7) is 3.71. The molecular weight excluding hydrogens is 242 g/mol. The van der Waals surface area contributed by atoms with E-state index in [1.165, 1.54) is 0 Å². The maximum atomic E-state index is 12.5. The lowest BCUT2D eigenvalue weighted by Gasteiger charge is -2.34. The van der Waals surface area contributed by atoms with Crippen molar-refractivity contribution in [1.29, 1.82) is 0 Å². The number of hydrogen-bond acceptors (Lipinski definition) is 3. The summed E-state index contributed by atoms with van der Waals surface area (Å²) in [5.74, 6) is 1.56. The van der Waals surface area contributed by atoms with E-state index in [1.807, 2.05) is 31.9 Å². The maximum Gasteiger partial charge on any atom is 0.257 e. The van der Waals surface area contributed by atoms with Crippen molar-refractivity contribution in [3.8, 4) is 0 Å². The number of aryl methyl sites for hydroxylation is 2. The van der Waals surface area contributed by atoms with Gasteiger partial charge in [0, 0.05) is 20.2 Å². The highest BCUT2D eigenvalue weighted by molar-refractivity contribution is 5.95. The van der Waals surface area contributed by atoms with Crippen LogP contribution in [0.1, 0.15) is 47.6 Å². The molecule has 0 spiro atoms. The summed E-state index contributed by atoms with van der Waals surface area (Å²) in [5, 5.41) is 0. The van der Waals surface area contributed by atoms with Crippen molar-refractivity contribution in [3.63, 3.8) is 0 Å². The van der Waals surface area contributed by atoms with E-state index in [9.17, 15) is 4.79 Å². The number of amides is 1. The van der Waals surface area contributed by atoms with Gasteiger partial charge in [-0.05, 0) is 45.6 Å². The molecule has 4 nitrogen and oxygen atoms in total. The van der Waals surface area contributed by atoms with Gasteiger partial charge in [0.2, 0.25) is 0 Å². The van der Waals surface area contributed by atoms with Gasteiger partial charge in [0.15, 0.2) is 0 Å². The highest BCUT2D eigenvalue weighted by atomic mass is 16.5. The monoisotopic (exact) mass is 265 g/mol. The predicted octanol–water partition coefficient (Wildman–Crippen LogP) is 2.93. The number of methoxy groups -OCH3 is 1. The lowest BCUT2D eigenvalue weighted by molar-refractivity contribution is 0.0385. The third kappa shape index (κ3) is 3.00. The van der Waals surface area contributed by atoms with Crippen LogP contribution in [0.3, 0.4) is 0 Å². The Morgan fingerprint density at radius 1 is 1.32 bits per heavy atom. The molecule has 2 rings (SSSR count). The van der Waals surface area contributed by atoms with Crippen LogP contribution in [-0.4, -0.2) is 37.1 Å². The average Bonchev–Trinajstić information content (AvgIpc) is 2.76. The van der Waals surface area contributed by atoms with Gasteiger partial charge in [-0.3, -0.25) is 4.79 Å². The van der Waals surface area contributed by atoms with Gasteiger partial charge in [0.1, 0.15) is 11.5 Å². The minimum Gasteiger partial charge on any atom is -0.466 e. The second-order valence-electron chi connectivity index (χ2n) is 5.41. The predicted molar refractivity (Wildman–Crippen MR) is 73.3 cm³/mol. The fourth-order valence-corrected chi connectivity index (χ4v) is 2.87. The number of carbonyl (C=O) groups is 1. The van der Waals surface area contributed by atoms with Gasteiger partial charge in [-0.1, -0.05) is 0 Å². The largest absolute Gasteiger partial charge is 0.466 e. The summed E-state index contributed by atoms with van der Waals surface area (Å²) in [6.07, 6.45) is 4.44. The molecule has 0 aliphatic heterocycles. The van der Waals surface area contributed by atoms with Gasteiger partial charge in [0.05, 0.1) is 11.7 Å². The van der Waals surface area contributed by atoms with Crippen LogP contribution in [0.2, 0.25) is 0 Å². The van der Waals surface area contributed by atoms with E-state index in [1.54, 1.807) is 7.11 Å². The number of nitrogens with zero attached hydrogens (tertiary/aromatic N) is 1. The first kappa shape index (κ1) is 14.1. The molecule has 0 bridgehead atoms. The Kier molecular flexibility index (Phi) is 4.30. The normalized spacial score (nSPS) is 23.4. The molecule has 1 heterocycles. The van der Waals surface area contributed by atoms with Gasteiger partial charge in [0.25, 0.3) is 5.91 Å². The number of hydrogen-bond donors (Lipinski definition) is 0. The quantitative estimate of drug-likeness (QED) is 0.844. The van der Waals surface area contributed by atoms with E-state index in [0.717, 1.165) is 31.4 Å². The molecule has 0 unspecified atom stereocenters. The van der Waals surface area contributed by atoms with Gasteiger partial charge < -0.3 is 14.1 Å². The summed E-state index contributed by atoms with van der Waals surface area (Å²) in [5.41, 5.74) is 0.689. The zero-order chi connectivity index (χ0) is 14.0. The second kappa shape index (κ2) is 5.78. The maximum absolute atomic E-state index is 12.5. The van der Waals surface area contributed by atoms with Crippen molar-refractivity contribution < 1.29 is 13.9 Å². The second-order valence-corrected chi connectivity index (χ2v) is 5.41. The van der Waals surface area contributed by atoms with Crippen molar-refractivity contribution in [2.75, 3.05) is 14.2 Å². The van der Waals surface area contributed by atoms with E-state index >= 15 is 0 Å². The van der Waals surface area contributed by atoms with Crippen molar-refractivity contribution in [2.24, 2.45) is 0 Å². The molecule has 0 radical (unpaired) electrons. The van der Waals surface area contributed by atoms with Crippen LogP contribution < -0.4 is 0 Å². The molecule has 4 heteroatoms. The van der Waals surface area contributed by atoms with Crippen molar-refractivity contribution in [1.82, 2.24) is 4.90 Å². The standard InChI is InChI=1S/C15H23NO3/c1-10-9-14(11(2)19-10)15(17)16(3)12-5-7-13(18-4)8-6-12/h9,12-13H,5-8H2,1-4H3. The van der Waals surface area contributed by atoms with Crippen LogP contribution in [0, 0.1) is 13.8 Å². The third-order valence-electron chi connectivity index (χ3n) is 4.12. The van der Waals surface area contributed by atoms with Gasteiger partial charge in [-0.25, -0.2) is 0 Å². The fourth-order valence-electron chi connectivity index (χ4n) is 2.87. The van der Waals surface area contributed by atoms with Crippen molar-refractivity contribution >= 4 is 5.91 Å². The average molecular weight is 265 g/mol. The van der Waals surface area contributed by atoms with Gasteiger partial charge in [-0.15, -0.1) is 0 Å². The highest BCUT2D eigenvalue weighted by Gasteiger charge is 2.28. The van der Waals surface area contributed by atoms with Crippen LogP contribution in [0.25, 0.3) is 0 Å². The van der Waals surface area contributed by atoms with Crippen LogP contribution in [0.15, 0.2) is 10.5 Å². The fraction of sp³-hybridized carbons (Fsp3) is 0.667. The molecule has 1 fully saturated rings. The first-order chi connectivity index (χ1) is 9.02. The van der Waals surface area contributed by atoms with Crippen LogP contribution >= 0.6 is 0 Å². The van der Waals surface area contributed by atoms with E-state index in [2.05, 4.69) is 0 Å². The summed E-state index contributed by atoms with van der Waals surface area (Å²) in [6, 6.07) is 2.14. The molecule has 0 aromatic carbocycles. The zero-order valence-corrected chi connectivity index (χ0v) is 12.2. The Morgan fingerprint density at radius 2 is 1.95 bits per heavy atom. The number of furan rings is 1. The molecule has 1 aromatic rings. The van der Waals surface area contributed by atoms with E-state index in [4.69, 9.17) is 9.15 Å². The Morgan fingerprint density at radius 3 is 2.42 bits per heavy atom. The number of rotatable bonds is 3. The highest BCUT2D eigenvalue weighted by Crippen LogP contribution is 2.26. The summed E-state index contributed by atoms with van der Waals surface area (Å²) in [4.78, 5) is 14.3. The molecule has 106 valence electrons. The summed E-state index contributed by atoms with van der Waals surface area (Å²) in [7, 11) is 3.65. The van der Waals surface area contributed by atoms with Crippen LogP contribution in [0.5, 0.6) is 0 Å². The zero-order valence-electron chi connectivity index (χ0n) is 12.2. The molecule has 0 N–H and O–H groups in total. The van der Waals surface area contributed by atoms with Gasteiger partial charge in [-0.2, -0.15) is 0 Å². The summed E-state index contributed by atoms with van der Waals surface area (Å²) < 4.78 is 10.8. The molecule has 19 heavy (non-hydrogen) atoms. The minimum atomic E-state index is 0.0650. The lowest BCUT2D eigenvalue weighted by Crippen LogP contribution is -2.40. The molecule has 1 saturated carbocycles. The Bertz CT molecular complexity index is 444. The third-order valence-corrected chi connectivity index (χ3v) is 4.12. The topological polar surface area (TPSA) is 42.7 Å². The molecule has 1 amide bonds. The molecular formula is C15H23NO3. The lowest BCUT2D eigenvalue weighted by atomic mass is 9.92. The smallest absolute Gasteiger partial charge is 0.257 e. The molecule has 1 aliphatic rings. The van der Waals surface area contributed by atoms with E-state index in [-0.39, 0.29) is 5.91 Å². The summed E-state index contributed by atoms with van der Waals surface area (Å²) >= 11 is 0. The number of ether oxygens (including phenoxy) is 1.